The number of rotatable bonds is 3. The molecule has 1 aromatic carbocycles. The normalized spacial score (nSPS) is 19.6. The van der Waals surface area contributed by atoms with Crippen molar-refractivity contribution < 1.29 is 4.79 Å². The zero-order valence-electron chi connectivity index (χ0n) is 10.8. The van der Waals surface area contributed by atoms with Crippen molar-refractivity contribution in [1.82, 2.24) is 4.90 Å². The summed E-state index contributed by atoms with van der Waals surface area (Å²) >= 11 is 0. The monoisotopic (exact) mass is 231 g/mol. The van der Waals surface area contributed by atoms with Crippen LogP contribution in [0.15, 0.2) is 24.3 Å². The van der Waals surface area contributed by atoms with Crippen molar-refractivity contribution in [2.45, 2.75) is 45.6 Å². The molecule has 17 heavy (non-hydrogen) atoms. The molecule has 0 aliphatic carbocycles. The second-order valence-corrected chi connectivity index (χ2v) is 4.93. The number of likely N-dealkylation sites (tertiary alicyclic amines) is 1. The number of amides is 1. The van der Waals surface area contributed by atoms with Gasteiger partial charge in [0.15, 0.2) is 0 Å². The Morgan fingerprint density at radius 1 is 1.35 bits per heavy atom. The van der Waals surface area contributed by atoms with Gasteiger partial charge in [-0.3, -0.25) is 4.79 Å². The lowest BCUT2D eigenvalue weighted by atomic mass is 10.0. The van der Waals surface area contributed by atoms with Crippen molar-refractivity contribution in [1.29, 1.82) is 0 Å². The van der Waals surface area contributed by atoms with Crippen molar-refractivity contribution >= 4 is 5.91 Å². The first-order valence-corrected chi connectivity index (χ1v) is 6.55. The Kier molecular flexibility index (Phi) is 3.82. The summed E-state index contributed by atoms with van der Waals surface area (Å²) in [6, 6.07) is 9.09. The summed E-state index contributed by atoms with van der Waals surface area (Å²) in [4.78, 5) is 13.9. The van der Waals surface area contributed by atoms with E-state index in [4.69, 9.17) is 0 Å². The van der Waals surface area contributed by atoms with Crippen LogP contribution in [-0.4, -0.2) is 23.4 Å². The molecule has 1 aliphatic heterocycles. The van der Waals surface area contributed by atoms with E-state index in [-0.39, 0.29) is 0 Å². The van der Waals surface area contributed by atoms with Gasteiger partial charge in [0.2, 0.25) is 5.91 Å². The van der Waals surface area contributed by atoms with Crippen LogP contribution < -0.4 is 0 Å². The van der Waals surface area contributed by atoms with E-state index in [0.29, 0.717) is 18.4 Å². The molecule has 1 heterocycles. The third kappa shape index (κ3) is 2.87. The molecule has 0 N–H and O–H groups in total. The van der Waals surface area contributed by atoms with Crippen LogP contribution in [0.5, 0.6) is 0 Å². The quantitative estimate of drug-likeness (QED) is 0.783. The van der Waals surface area contributed by atoms with Crippen LogP contribution in [0.3, 0.4) is 0 Å². The largest absolute Gasteiger partial charge is 0.339 e. The van der Waals surface area contributed by atoms with E-state index in [2.05, 4.69) is 36.1 Å². The number of aryl methyl sites for hydroxylation is 1. The van der Waals surface area contributed by atoms with Gasteiger partial charge in [-0.15, -0.1) is 0 Å². The Morgan fingerprint density at radius 2 is 2.06 bits per heavy atom. The molecule has 0 radical (unpaired) electrons. The highest BCUT2D eigenvalue weighted by Crippen LogP contribution is 2.22. The fourth-order valence-electron chi connectivity index (χ4n) is 2.58. The van der Waals surface area contributed by atoms with Crippen LogP contribution in [0.1, 0.15) is 37.3 Å². The maximum atomic E-state index is 11.8. The van der Waals surface area contributed by atoms with Gasteiger partial charge < -0.3 is 4.90 Å². The predicted molar refractivity (Wildman–Crippen MR) is 69.9 cm³/mol. The smallest absolute Gasteiger partial charge is 0.222 e. The average Bonchev–Trinajstić information content (AvgIpc) is 2.79. The van der Waals surface area contributed by atoms with Crippen LogP contribution in [0.25, 0.3) is 0 Å². The molecule has 1 fully saturated rings. The van der Waals surface area contributed by atoms with E-state index >= 15 is 0 Å². The van der Waals surface area contributed by atoms with Gasteiger partial charge in [0.05, 0.1) is 0 Å². The molecule has 0 saturated carbocycles. The molecule has 1 saturated heterocycles. The van der Waals surface area contributed by atoms with E-state index in [1.54, 1.807) is 0 Å². The predicted octanol–water partition coefficient (Wildman–Crippen LogP) is 2.94. The summed E-state index contributed by atoms with van der Waals surface area (Å²) in [5.74, 6) is 0.305. The van der Waals surface area contributed by atoms with Crippen LogP contribution in [0.4, 0.5) is 0 Å². The highest BCUT2D eigenvalue weighted by Gasteiger charge is 2.27. The highest BCUT2D eigenvalue weighted by atomic mass is 16.2. The van der Waals surface area contributed by atoms with Crippen molar-refractivity contribution in [2.24, 2.45) is 0 Å². The number of benzene rings is 1. The van der Waals surface area contributed by atoms with Gasteiger partial charge in [-0.1, -0.05) is 36.8 Å². The van der Waals surface area contributed by atoms with Gasteiger partial charge in [-0.05, 0) is 31.7 Å². The number of nitrogens with zero attached hydrogens (tertiary/aromatic N) is 1. The second-order valence-electron chi connectivity index (χ2n) is 4.93. The Labute approximate surface area is 104 Å². The Hall–Kier alpha value is -1.31. The molecular weight excluding hydrogens is 210 g/mol. The minimum absolute atomic E-state index is 0.305. The zero-order chi connectivity index (χ0) is 12.3. The Balaban J connectivity index is 2.02. The van der Waals surface area contributed by atoms with Crippen LogP contribution in [-0.2, 0) is 11.2 Å². The summed E-state index contributed by atoms with van der Waals surface area (Å²) in [5, 5.41) is 0. The first kappa shape index (κ1) is 12.2. The van der Waals surface area contributed by atoms with E-state index in [9.17, 15) is 4.79 Å². The van der Waals surface area contributed by atoms with Crippen molar-refractivity contribution in [3.05, 3.63) is 35.4 Å². The molecule has 0 spiro atoms. The lowest BCUT2D eigenvalue weighted by molar-refractivity contribution is -0.131. The maximum absolute atomic E-state index is 11.8. The van der Waals surface area contributed by atoms with Crippen molar-refractivity contribution in [3.8, 4) is 0 Å². The second kappa shape index (κ2) is 5.35. The molecule has 2 nitrogen and oxygen atoms in total. The molecule has 0 aromatic heterocycles. The summed E-state index contributed by atoms with van der Waals surface area (Å²) in [6.07, 6.45) is 3.94. The number of carbonyl (C=O) groups excluding carboxylic acids is 1. The fraction of sp³-hybridized carbons (Fsp3) is 0.533. The summed E-state index contributed by atoms with van der Waals surface area (Å²) in [7, 11) is 0. The zero-order valence-corrected chi connectivity index (χ0v) is 10.8. The first-order valence-electron chi connectivity index (χ1n) is 6.55. The fourth-order valence-corrected chi connectivity index (χ4v) is 2.58. The highest BCUT2D eigenvalue weighted by molar-refractivity contribution is 5.76. The van der Waals surface area contributed by atoms with E-state index in [1.165, 1.54) is 11.1 Å². The van der Waals surface area contributed by atoms with Crippen molar-refractivity contribution in [3.63, 3.8) is 0 Å². The number of hydrogen-bond acceptors (Lipinski definition) is 1. The van der Waals surface area contributed by atoms with Gasteiger partial charge in [0, 0.05) is 19.0 Å². The molecule has 1 atom stereocenters. The third-order valence-electron chi connectivity index (χ3n) is 3.59. The van der Waals surface area contributed by atoms with Gasteiger partial charge in [-0.2, -0.15) is 0 Å². The van der Waals surface area contributed by atoms with Gasteiger partial charge in [0.25, 0.3) is 0 Å². The minimum atomic E-state index is 0.305. The first-order chi connectivity index (χ1) is 8.20. The molecule has 1 amide bonds. The van der Waals surface area contributed by atoms with E-state index in [0.717, 1.165) is 25.8 Å². The molecular formula is C15H21NO. The van der Waals surface area contributed by atoms with Crippen molar-refractivity contribution in [2.75, 3.05) is 6.54 Å². The molecule has 1 aromatic rings. The Morgan fingerprint density at radius 3 is 2.71 bits per heavy atom. The van der Waals surface area contributed by atoms with Crippen LogP contribution in [0, 0.1) is 6.92 Å². The number of hydrogen-bond donors (Lipinski definition) is 0. The molecule has 1 unspecified atom stereocenters. The minimum Gasteiger partial charge on any atom is -0.339 e. The van der Waals surface area contributed by atoms with E-state index < -0.39 is 0 Å². The average molecular weight is 231 g/mol. The molecule has 0 bridgehead atoms. The van der Waals surface area contributed by atoms with Crippen LogP contribution >= 0.6 is 0 Å². The molecule has 1 aliphatic rings. The maximum Gasteiger partial charge on any atom is 0.222 e. The lowest BCUT2D eigenvalue weighted by Crippen LogP contribution is -2.36. The summed E-state index contributed by atoms with van der Waals surface area (Å²) in [5.41, 5.74) is 2.64. The van der Waals surface area contributed by atoms with E-state index in [1.807, 2.05) is 6.92 Å². The topological polar surface area (TPSA) is 20.3 Å². The van der Waals surface area contributed by atoms with Gasteiger partial charge >= 0.3 is 0 Å². The third-order valence-corrected chi connectivity index (χ3v) is 3.59. The summed E-state index contributed by atoms with van der Waals surface area (Å²) < 4.78 is 0. The Bertz CT molecular complexity index is 382. The molecule has 2 rings (SSSR count). The number of carbonyl (C=O) groups is 1. The SMILES string of the molecule is CCC(=O)N1CCCC1Cc1ccc(C)cc1. The summed E-state index contributed by atoms with van der Waals surface area (Å²) in [6.45, 7) is 5.00. The van der Waals surface area contributed by atoms with Crippen LogP contribution in [0.2, 0.25) is 0 Å². The lowest BCUT2D eigenvalue weighted by Gasteiger charge is -2.24. The molecule has 92 valence electrons. The van der Waals surface area contributed by atoms with Gasteiger partial charge in [-0.25, -0.2) is 0 Å². The molecule has 2 heteroatoms. The standard InChI is InChI=1S/C15H21NO/c1-3-15(17)16-10-4-5-14(16)11-13-8-6-12(2)7-9-13/h6-9,14H,3-5,10-11H2,1-2H3. The van der Waals surface area contributed by atoms with Gasteiger partial charge in [0.1, 0.15) is 0 Å².